The average molecular weight is 1230 g/mol. The van der Waals surface area contributed by atoms with Gasteiger partial charge in [-0.2, -0.15) is 149 Å². The summed E-state index contributed by atoms with van der Waals surface area (Å²) < 4.78 is 488. The van der Waals surface area contributed by atoms with Crippen molar-refractivity contribution in [1.82, 2.24) is 0 Å². The molecule has 2 saturated heterocycles. The summed E-state index contributed by atoms with van der Waals surface area (Å²) in [5.74, 6) is -96.4. The van der Waals surface area contributed by atoms with Crippen molar-refractivity contribution in [2.75, 3.05) is 34.5 Å². The lowest BCUT2D eigenvalue weighted by Crippen LogP contribution is -2.75. The van der Waals surface area contributed by atoms with Crippen molar-refractivity contribution in [2.24, 2.45) is 0 Å². The summed E-state index contributed by atoms with van der Waals surface area (Å²) in [6.45, 7) is 0. The van der Waals surface area contributed by atoms with Crippen LogP contribution >= 0.6 is 0 Å². The van der Waals surface area contributed by atoms with Crippen LogP contribution in [0.1, 0.15) is 25.7 Å². The molecule has 0 aromatic heterocycles. The molecule has 0 saturated carbocycles. The van der Waals surface area contributed by atoms with Crippen LogP contribution in [-0.2, 0) is 46.8 Å². The summed E-state index contributed by atoms with van der Waals surface area (Å²) in [4.78, 5) is 11.8. The minimum Gasteiger partial charge on any atom is -0.743 e. The maximum absolute atomic E-state index is 13.0. The molecule has 2 rings (SSSR count). The first-order valence-corrected chi connectivity index (χ1v) is 23.3. The normalized spacial score (nSPS) is 18.4. The summed E-state index contributed by atoms with van der Waals surface area (Å²) >= 11 is 0. The van der Waals surface area contributed by atoms with Crippen LogP contribution in [0, 0.1) is 0 Å². The van der Waals surface area contributed by atoms with Crippen molar-refractivity contribution in [3.63, 3.8) is 0 Å². The second kappa shape index (κ2) is 20.3. The fourth-order valence-electron chi connectivity index (χ4n) is 4.83. The zero-order chi connectivity index (χ0) is 58.8. The number of Topliss-reactive ketones (excluding diaryl/α,β-unsaturated/α-hetero) is 1. The zero-order valence-corrected chi connectivity index (χ0v) is 36.2. The van der Waals surface area contributed by atoms with E-state index in [9.17, 15) is 180 Å². The van der Waals surface area contributed by atoms with Crippen molar-refractivity contribution in [2.45, 2.75) is 120 Å². The maximum atomic E-state index is 13.0. The monoisotopic (exact) mass is 1230 g/mol. The molecular weight excluding hydrogens is 1210 g/mol. The Kier molecular flexibility index (Phi) is 19.7. The van der Waals surface area contributed by atoms with E-state index in [0.717, 1.165) is 11.5 Å². The number of carbonyl (C=O) groups is 1. The third-order valence-corrected chi connectivity index (χ3v) is 15.7. The molecule has 0 aliphatic carbocycles. The Balaban J connectivity index is 0.00000111. The van der Waals surface area contributed by atoms with Crippen molar-refractivity contribution >= 4 is 47.8 Å². The van der Waals surface area contributed by atoms with Crippen LogP contribution in [-0.4, -0.2) is 160 Å². The first-order valence-electron chi connectivity index (χ1n) is 17.0. The fourth-order valence-corrected chi connectivity index (χ4v) is 10.4. The van der Waals surface area contributed by atoms with E-state index in [2.05, 4.69) is 0 Å². The first kappa shape index (κ1) is 69.8. The summed E-state index contributed by atoms with van der Waals surface area (Å²) in [5.41, 5.74) is 0. The van der Waals surface area contributed by atoms with E-state index in [-0.39, 0.29) is 0 Å². The molecule has 0 aromatic rings. The molecule has 0 N–H and O–H groups in total. The fraction of sp³-hybridized carbons (Fsp3) is 0.963. The van der Waals surface area contributed by atoms with Gasteiger partial charge in [0, 0.05) is 0 Å². The van der Waals surface area contributed by atoms with Gasteiger partial charge in [-0.3, -0.25) is 4.79 Å². The molecule has 7 nitrogen and oxygen atoms in total. The standard InChI is InChI=1S/C11H20OS2.2C8HF17O3S/c12-11(9-13-5-1-2-6-13)10-14-7-3-4-8-14;2*9-1(10,3(13,14)5(17,18)7(21,22)23)2(11,12)4(15,16)6(19,20)8(24,25)29(26,27)28/h1-10H2;2*(H,26,27,28)/q+2;;/p-2. The summed E-state index contributed by atoms with van der Waals surface area (Å²) in [7, 11) is -15.3. The molecule has 0 spiro atoms. The van der Waals surface area contributed by atoms with Gasteiger partial charge in [0.1, 0.15) is 23.0 Å². The molecule has 0 radical (unpaired) electrons. The topological polar surface area (TPSA) is 131 Å². The Morgan fingerprint density at radius 3 is 0.611 bits per heavy atom. The van der Waals surface area contributed by atoms with Crippen LogP contribution in [0.25, 0.3) is 0 Å². The Labute approximate surface area is 381 Å². The second-order valence-electron chi connectivity index (χ2n) is 14.1. The number of alkyl halides is 34. The molecule has 72 heavy (non-hydrogen) atoms. The predicted octanol–water partition coefficient (Wildman–Crippen LogP) is 10.4. The maximum Gasteiger partial charge on any atom is 0.460 e. The Morgan fingerprint density at radius 1 is 0.306 bits per heavy atom. The lowest BCUT2D eigenvalue weighted by molar-refractivity contribution is -0.458. The Hall–Kier alpha value is -2.19. The van der Waals surface area contributed by atoms with Crippen LogP contribution in [0.15, 0.2) is 0 Å². The first-order chi connectivity index (χ1) is 30.8. The highest BCUT2D eigenvalue weighted by atomic mass is 32.2. The molecule has 432 valence electrons. The van der Waals surface area contributed by atoms with Gasteiger partial charge >= 0.3 is 93.9 Å². The van der Waals surface area contributed by atoms with Crippen LogP contribution < -0.4 is 0 Å². The van der Waals surface area contributed by atoms with Gasteiger partial charge in [-0.05, 0) is 47.5 Å². The number of hydrogen-bond acceptors (Lipinski definition) is 7. The number of rotatable bonds is 18. The summed E-state index contributed by atoms with van der Waals surface area (Å²) in [6, 6.07) is 0. The molecule has 2 fully saturated rings. The molecule has 2 heterocycles. The minimum atomic E-state index is -8.92. The summed E-state index contributed by atoms with van der Waals surface area (Å²) in [6.07, 6.45) is -10.3. The lowest BCUT2D eigenvalue weighted by Gasteiger charge is -2.42. The lowest BCUT2D eigenvalue weighted by atomic mass is 9.91. The van der Waals surface area contributed by atoms with Gasteiger partial charge in [0.15, 0.2) is 31.7 Å². The molecule has 0 unspecified atom stereocenters. The van der Waals surface area contributed by atoms with Crippen LogP contribution in [0.4, 0.5) is 149 Å². The number of halogens is 34. The zero-order valence-electron chi connectivity index (χ0n) is 32.9. The van der Waals surface area contributed by atoms with E-state index < -0.39 is 114 Å². The van der Waals surface area contributed by atoms with Gasteiger partial charge in [-0.15, -0.1) is 0 Å². The largest absolute Gasteiger partial charge is 0.743 e. The van der Waals surface area contributed by atoms with E-state index in [1.54, 1.807) is 0 Å². The van der Waals surface area contributed by atoms with Crippen LogP contribution in [0.3, 0.4) is 0 Å². The van der Waals surface area contributed by atoms with Gasteiger partial charge in [0.2, 0.25) is 5.78 Å². The van der Waals surface area contributed by atoms with Gasteiger partial charge in [0.25, 0.3) is 0 Å². The highest BCUT2D eigenvalue weighted by Gasteiger charge is 2.97. The van der Waals surface area contributed by atoms with Crippen LogP contribution in [0.2, 0.25) is 0 Å². The highest BCUT2D eigenvalue weighted by molar-refractivity contribution is 7.99. The third-order valence-electron chi connectivity index (χ3n) is 8.98. The van der Waals surface area contributed by atoms with Crippen molar-refractivity contribution in [3.05, 3.63) is 0 Å². The number of hydrogen-bond donors (Lipinski definition) is 0. The quantitative estimate of drug-likeness (QED) is 0.0759. The average Bonchev–Trinajstić information content (AvgIpc) is 3.87. The third kappa shape index (κ3) is 11.3. The SMILES string of the molecule is O=C(C[S+]1CCCC1)C[S+]1CCCC1.O=S(=O)([O-])C(F)(F)C(F)(F)C(F)(F)C(F)(F)C(F)(F)C(F)(F)C(F)(F)C(F)(F)F.O=S(=O)([O-])C(F)(F)C(F)(F)C(F)(F)C(F)(F)C(F)(F)C(F)(F)C(F)(F)C(F)(F)F. The van der Waals surface area contributed by atoms with E-state index in [4.69, 9.17) is 0 Å². The van der Waals surface area contributed by atoms with E-state index in [1.165, 1.54) is 48.7 Å². The second-order valence-corrected chi connectivity index (χ2v) is 21.6. The molecule has 0 atom stereocenters. The molecule has 2 aliphatic rings. The van der Waals surface area contributed by atoms with Crippen molar-refractivity contribution in [1.29, 1.82) is 0 Å². The van der Waals surface area contributed by atoms with Gasteiger partial charge < -0.3 is 9.11 Å². The van der Waals surface area contributed by atoms with Gasteiger partial charge in [-0.25, -0.2) is 16.8 Å². The molecule has 0 amide bonds. The van der Waals surface area contributed by atoms with Crippen molar-refractivity contribution < 1.29 is 180 Å². The van der Waals surface area contributed by atoms with Crippen molar-refractivity contribution in [3.8, 4) is 0 Å². The number of ketones is 1. The smallest absolute Gasteiger partial charge is 0.460 e. The highest BCUT2D eigenvalue weighted by Crippen LogP contribution is 2.66. The van der Waals surface area contributed by atoms with E-state index in [1.807, 2.05) is 0 Å². The molecule has 0 aromatic carbocycles. The van der Waals surface area contributed by atoms with Gasteiger partial charge in [0.05, 0.1) is 0 Å². The Bertz CT molecular complexity index is 1960. The Morgan fingerprint density at radius 2 is 0.458 bits per heavy atom. The van der Waals surface area contributed by atoms with E-state index in [0.29, 0.717) is 27.6 Å². The van der Waals surface area contributed by atoms with E-state index >= 15 is 0 Å². The molecule has 45 heteroatoms. The molecular formula is C27H20F34O7S4. The number of carbonyl (C=O) groups excluding carboxylic acids is 1. The van der Waals surface area contributed by atoms with Gasteiger partial charge in [-0.1, -0.05) is 0 Å². The molecule has 0 bridgehead atoms. The van der Waals surface area contributed by atoms with Crippen LogP contribution in [0.5, 0.6) is 0 Å². The summed E-state index contributed by atoms with van der Waals surface area (Å²) in [5, 5.41) is -15.9. The molecule has 2 aliphatic heterocycles. The predicted molar refractivity (Wildman–Crippen MR) is 168 cm³/mol. The minimum absolute atomic E-state index is 0.498.